The van der Waals surface area contributed by atoms with Crippen molar-refractivity contribution in [3.8, 4) is 11.5 Å². The molecular weight excluding hydrogens is 507 g/mol. The highest BCUT2D eigenvalue weighted by molar-refractivity contribution is 7.88. The number of piperidine rings is 1. The molecule has 14 heteroatoms. The molecule has 1 aliphatic heterocycles. The average molecular weight is 527 g/mol. The smallest absolute Gasteiger partial charge is 0.497 e. The van der Waals surface area contributed by atoms with Crippen molar-refractivity contribution in [3.05, 3.63) is 58.5 Å². The molecule has 2 heterocycles. The molecule has 0 saturated carbocycles. The van der Waals surface area contributed by atoms with E-state index in [2.05, 4.69) is 4.18 Å². The minimum Gasteiger partial charge on any atom is -0.497 e. The number of fused-ring (bicyclic) bond motifs is 1. The first-order chi connectivity index (χ1) is 16.8. The van der Waals surface area contributed by atoms with Crippen LogP contribution in [-0.2, 0) is 33.3 Å². The highest BCUT2D eigenvalue weighted by atomic mass is 32.2. The van der Waals surface area contributed by atoms with Gasteiger partial charge in [-0.2, -0.15) is 21.6 Å². The molecule has 0 spiro atoms. The van der Waals surface area contributed by atoms with Gasteiger partial charge in [0.25, 0.3) is 5.91 Å². The normalized spacial score (nSPS) is 17.0. The summed E-state index contributed by atoms with van der Waals surface area (Å²) in [5.41, 5.74) is -5.43. The van der Waals surface area contributed by atoms with Crippen LogP contribution in [0.3, 0.4) is 0 Å². The molecule has 1 aromatic heterocycles. The van der Waals surface area contributed by atoms with Crippen LogP contribution in [0, 0.1) is 0 Å². The number of amides is 2. The number of ether oxygens (including phenoxy) is 1. The highest BCUT2D eigenvalue weighted by Crippen LogP contribution is 2.31. The number of carbonyl (C=O) groups is 2. The van der Waals surface area contributed by atoms with Gasteiger partial charge in [0.15, 0.2) is 0 Å². The first-order valence-corrected chi connectivity index (χ1v) is 11.9. The maximum absolute atomic E-state index is 13.3. The van der Waals surface area contributed by atoms with Crippen LogP contribution in [0.25, 0.3) is 11.0 Å². The van der Waals surface area contributed by atoms with E-state index in [0.717, 1.165) is 26.2 Å². The van der Waals surface area contributed by atoms with Gasteiger partial charge in [0.1, 0.15) is 17.5 Å². The van der Waals surface area contributed by atoms with Crippen LogP contribution < -0.4 is 14.6 Å². The fourth-order valence-corrected chi connectivity index (χ4v) is 4.46. The quantitative estimate of drug-likeness (QED) is 0.275. The summed E-state index contributed by atoms with van der Waals surface area (Å²) in [6, 6.07) is 8.81. The fraction of sp³-hybridized carbons (Fsp3) is 0.318. The number of carbonyl (C=O) groups excluding carboxylic acids is 2. The van der Waals surface area contributed by atoms with Crippen molar-refractivity contribution >= 4 is 33.0 Å². The Bertz CT molecular complexity index is 1510. The number of aryl methyl sites for hydroxylation is 1. The number of nitrogens with zero attached hydrogens (tertiary/aromatic N) is 3. The summed E-state index contributed by atoms with van der Waals surface area (Å²) < 4.78 is 72.2. The maximum atomic E-state index is 13.3. The molecule has 1 aliphatic rings. The zero-order valence-corrected chi connectivity index (χ0v) is 19.8. The van der Waals surface area contributed by atoms with Crippen molar-refractivity contribution in [1.29, 1.82) is 0 Å². The van der Waals surface area contributed by atoms with Gasteiger partial charge in [-0.25, -0.2) is 4.79 Å². The lowest BCUT2D eigenvalue weighted by Gasteiger charge is -2.31. The third-order valence-electron chi connectivity index (χ3n) is 5.85. The van der Waals surface area contributed by atoms with Gasteiger partial charge in [-0.05, 0) is 36.2 Å². The van der Waals surface area contributed by atoms with Crippen LogP contribution in [0.2, 0.25) is 0 Å². The van der Waals surface area contributed by atoms with Gasteiger partial charge in [-0.1, -0.05) is 12.1 Å². The third kappa shape index (κ3) is 4.43. The van der Waals surface area contributed by atoms with Gasteiger partial charge in [-0.15, -0.1) is 0 Å². The number of methoxy groups -OCH3 is 1. The van der Waals surface area contributed by atoms with E-state index in [9.17, 15) is 36.0 Å². The number of imidazole rings is 1. The van der Waals surface area contributed by atoms with Gasteiger partial charge in [0.05, 0.1) is 24.7 Å². The van der Waals surface area contributed by atoms with E-state index in [1.165, 1.54) is 20.2 Å². The van der Waals surface area contributed by atoms with Crippen molar-refractivity contribution in [2.24, 2.45) is 7.05 Å². The number of halogens is 3. The Morgan fingerprint density at radius 2 is 1.64 bits per heavy atom. The van der Waals surface area contributed by atoms with Crippen molar-refractivity contribution in [2.45, 2.75) is 30.9 Å². The van der Waals surface area contributed by atoms with Crippen LogP contribution in [0.1, 0.15) is 24.4 Å². The molecule has 0 aliphatic carbocycles. The number of benzene rings is 2. The molecule has 192 valence electrons. The molecule has 0 radical (unpaired) electrons. The molecular formula is C22H20F3N3O7S. The van der Waals surface area contributed by atoms with E-state index >= 15 is 0 Å². The van der Waals surface area contributed by atoms with Crippen LogP contribution in [0.5, 0.6) is 11.5 Å². The van der Waals surface area contributed by atoms with Crippen molar-refractivity contribution in [3.63, 3.8) is 0 Å². The van der Waals surface area contributed by atoms with Crippen molar-refractivity contribution < 1.29 is 40.1 Å². The third-order valence-corrected chi connectivity index (χ3v) is 6.82. The molecule has 0 bridgehead atoms. The van der Waals surface area contributed by atoms with E-state index in [1.54, 1.807) is 24.3 Å². The summed E-state index contributed by atoms with van der Waals surface area (Å²) in [5.74, 6) is -1.08. The Balaban J connectivity index is 1.68. The first-order valence-electron chi connectivity index (χ1n) is 10.5. The fourth-order valence-electron chi connectivity index (χ4n) is 4.01. The van der Waals surface area contributed by atoms with Crippen molar-refractivity contribution in [1.82, 2.24) is 14.0 Å². The van der Waals surface area contributed by atoms with E-state index in [4.69, 9.17) is 4.74 Å². The number of alkyl halides is 3. The summed E-state index contributed by atoms with van der Waals surface area (Å²) in [4.78, 5) is 39.9. The molecule has 3 aromatic rings. The molecule has 0 N–H and O–H groups in total. The van der Waals surface area contributed by atoms with Crippen LogP contribution in [-0.4, -0.2) is 46.9 Å². The summed E-state index contributed by atoms with van der Waals surface area (Å²) in [7, 11) is -3.09. The molecule has 1 unspecified atom stereocenters. The molecule has 1 atom stereocenters. The van der Waals surface area contributed by atoms with E-state index in [-0.39, 0.29) is 30.4 Å². The predicted molar refractivity (Wildman–Crippen MR) is 120 cm³/mol. The Labute approximate surface area is 202 Å². The van der Waals surface area contributed by atoms with Gasteiger partial charge >= 0.3 is 21.3 Å². The Morgan fingerprint density at radius 1 is 1.00 bits per heavy atom. The second-order valence-electron chi connectivity index (χ2n) is 8.07. The minimum atomic E-state index is -5.91. The Morgan fingerprint density at radius 3 is 2.25 bits per heavy atom. The lowest BCUT2D eigenvalue weighted by molar-refractivity contribution is -0.151. The molecule has 4 rings (SSSR count). The summed E-state index contributed by atoms with van der Waals surface area (Å²) in [5, 5.41) is 0. The zero-order chi connectivity index (χ0) is 26.4. The van der Waals surface area contributed by atoms with E-state index < -0.39 is 44.9 Å². The number of likely N-dealkylation sites (tertiary alicyclic amines) is 1. The second kappa shape index (κ2) is 9.00. The standard InChI is InChI=1S/C22H20F3N3O7S/c1-26-18-11-15(35-36(32,33)22(23,24)25)7-8-16(18)28(21(26)31)17-9-10-19(29)27(20(17)30)12-13-3-5-14(34-2)6-4-13/h3-8,11,17H,9-10,12H2,1-2H3. The molecule has 1 saturated heterocycles. The number of aromatic nitrogens is 2. The summed E-state index contributed by atoms with van der Waals surface area (Å²) in [6.45, 7) is -0.0228. The first kappa shape index (κ1) is 25.3. The lowest BCUT2D eigenvalue weighted by Crippen LogP contribution is -2.47. The van der Waals surface area contributed by atoms with E-state index in [1.807, 2.05) is 0 Å². The maximum Gasteiger partial charge on any atom is 0.534 e. The highest BCUT2D eigenvalue weighted by Gasteiger charge is 2.48. The summed E-state index contributed by atoms with van der Waals surface area (Å²) >= 11 is 0. The number of rotatable bonds is 6. The molecule has 1 fully saturated rings. The number of imide groups is 1. The summed E-state index contributed by atoms with van der Waals surface area (Å²) in [6.07, 6.45) is 0.0247. The minimum absolute atomic E-state index is 0.0135. The predicted octanol–water partition coefficient (Wildman–Crippen LogP) is 2.47. The number of hydrogen-bond donors (Lipinski definition) is 0. The van der Waals surface area contributed by atoms with E-state index in [0.29, 0.717) is 11.3 Å². The molecule has 10 nitrogen and oxygen atoms in total. The monoisotopic (exact) mass is 527 g/mol. The van der Waals surface area contributed by atoms with Crippen molar-refractivity contribution in [2.75, 3.05) is 7.11 Å². The van der Waals surface area contributed by atoms with Gasteiger partial charge in [-0.3, -0.25) is 23.6 Å². The topological polar surface area (TPSA) is 117 Å². The second-order valence-corrected chi connectivity index (χ2v) is 9.60. The molecule has 36 heavy (non-hydrogen) atoms. The lowest BCUT2D eigenvalue weighted by atomic mass is 10.0. The Kier molecular flexibility index (Phi) is 6.32. The molecule has 2 aromatic carbocycles. The van der Waals surface area contributed by atoms with Gasteiger partial charge in [0, 0.05) is 19.5 Å². The SMILES string of the molecule is COc1ccc(CN2C(=O)CCC(n3c(=O)n(C)c4cc(OS(=O)(=O)C(F)(F)F)ccc43)C2=O)cc1. The van der Waals surface area contributed by atoms with Crippen LogP contribution >= 0.6 is 0 Å². The van der Waals surface area contributed by atoms with Gasteiger partial charge in [0.2, 0.25) is 5.91 Å². The van der Waals surface area contributed by atoms with Crippen LogP contribution in [0.4, 0.5) is 13.2 Å². The van der Waals surface area contributed by atoms with Gasteiger partial charge < -0.3 is 8.92 Å². The Hall–Kier alpha value is -3.81. The van der Waals surface area contributed by atoms with Crippen LogP contribution in [0.15, 0.2) is 47.3 Å². The molecule has 2 amide bonds. The average Bonchev–Trinajstić information content (AvgIpc) is 3.06. The largest absolute Gasteiger partial charge is 0.534 e. The number of hydrogen-bond acceptors (Lipinski definition) is 7. The zero-order valence-electron chi connectivity index (χ0n) is 19.0.